The molecule has 0 saturated heterocycles. The van der Waals surface area contributed by atoms with Crippen molar-refractivity contribution in [3.05, 3.63) is 36.5 Å². The van der Waals surface area contributed by atoms with Crippen molar-refractivity contribution in [1.29, 1.82) is 0 Å². The van der Waals surface area contributed by atoms with Gasteiger partial charge in [-0.1, -0.05) is 134 Å². The molecule has 4 nitrogen and oxygen atoms in total. The number of carboxylic acid groups (broad SMARTS) is 1. The first-order valence-electron chi connectivity index (χ1n) is 17.7. The van der Waals surface area contributed by atoms with E-state index in [2.05, 4.69) is 50.3 Å². The molecule has 0 spiro atoms. The van der Waals surface area contributed by atoms with Gasteiger partial charge in [0.1, 0.15) is 0 Å². The highest BCUT2D eigenvalue weighted by Gasteiger charge is 2.10. The van der Waals surface area contributed by atoms with Gasteiger partial charge in [0.15, 0.2) is 0 Å². The second-order valence-electron chi connectivity index (χ2n) is 11.7. The molecule has 0 fully saturated rings. The lowest BCUT2D eigenvalue weighted by molar-refractivity contribution is 0.0915. The molecular weight excluding hydrogens is 506 g/mol. The van der Waals surface area contributed by atoms with E-state index < -0.39 is 6.09 Å². The van der Waals surface area contributed by atoms with Crippen LogP contribution in [0.2, 0.25) is 0 Å². The van der Waals surface area contributed by atoms with Gasteiger partial charge in [-0.2, -0.15) is 0 Å². The Labute approximate surface area is 256 Å². The Balaban J connectivity index is 3.48. The van der Waals surface area contributed by atoms with E-state index in [1.165, 1.54) is 133 Å². The van der Waals surface area contributed by atoms with Crippen molar-refractivity contribution in [1.82, 2.24) is 4.90 Å². The van der Waals surface area contributed by atoms with Gasteiger partial charge in [-0.25, -0.2) is 4.79 Å². The molecule has 1 amide bonds. The number of unbranched alkanes of at least 4 members (excludes halogenated alkanes) is 19. The van der Waals surface area contributed by atoms with Crippen LogP contribution in [0.4, 0.5) is 4.79 Å². The molecule has 4 heteroatoms. The van der Waals surface area contributed by atoms with Gasteiger partial charge in [-0.3, -0.25) is 0 Å². The Morgan fingerprint density at radius 1 is 0.512 bits per heavy atom. The van der Waals surface area contributed by atoms with Crippen LogP contribution in [0.15, 0.2) is 36.5 Å². The van der Waals surface area contributed by atoms with Gasteiger partial charge in [-0.05, 0) is 70.6 Å². The highest BCUT2D eigenvalue weighted by atomic mass is 16.5. The summed E-state index contributed by atoms with van der Waals surface area (Å²) in [4.78, 5) is 13.1. The maximum atomic E-state index is 11.5. The van der Waals surface area contributed by atoms with Crippen LogP contribution in [0.25, 0.3) is 0 Å². The van der Waals surface area contributed by atoms with Crippen molar-refractivity contribution in [2.75, 3.05) is 26.3 Å². The molecule has 0 aliphatic carbocycles. The average Bonchev–Trinajstić information content (AvgIpc) is 2.97. The molecule has 1 N–H and O–H groups in total. The zero-order valence-corrected chi connectivity index (χ0v) is 27.5. The number of hydrogen-bond donors (Lipinski definition) is 1. The zero-order valence-electron chi connectivity index (χ0n) is 27.5. The molecule has 0 rings (SSSR count). The molecule has 0 unspecified atom stereocenters. The third kappa shape index (κ3) is 32.8. The van der Waals surface area contributed by atoms with Crippen molar-refractivity contribution in [3.63, 3.8) is 0 Å². The molecule has 0 aromatic carbocycles. The van der Waals surface area contributed by atoms with Crippen molar-refractivity contribution in [2.45, 2.75) is 168 Å². The van der Waals surface area contributed by atoms with Crippen LogP contribution in [0, 0.1) is 0 Å². The fourth-order valence-electron chi connectivity index (χ4n) is 4.97. The fraction of sp³-hybridized carbons (Fsp3) is 0.811. The first-order chi connectivity index (χ1) is 20.2. The van der Waals surface area contributed by atoms with Gasteiger partial charge in [-0.15, -0.1) is 0 Å². The first kappa shape index (κ1) is 39.5. The Bertz CT molecular complexity index is 613. The van der Waals surface area contributed by atoms with E-state index in [9.17, 15) is 9.90 Å². The molecule has 0 aromatic heterocycles. The SMILES string of the molecule is CCCCC/C=C\C/C=C\CCCCCCCCN(CCOCCCCCCCC/C=C\CCCCCC)C(=O)O. The van der Waals surface area contributed by atoms with Gasteiger partial charge >= 0.3 is 6.09 Å². The highest BCUT2D eigenvalue weighted by molar-refractivity contribution is 5.64. The topological polar surface area (TPSA) is 49.8 Å². The molecular formula is C37H69NO3. The maximum absolute atomic E-state index is 11.5. The van der Waals surface area contributed by atoms with Crippen molar-refractivity contribution >= 4 is 6.09 Å². The Kier molecular flexibility index (Phi) is 33.3. The summed E-state index contributed by atoms with van der Waals surface area (Å²) in [6.07, 6.45) is 43.0. The minimum Gasteiger partial charge on any atom is -0.465 e. The van der Waals surface area contributed by atoms with Crippen molar-refractivity contribution in [3.8, 4) is 0 Å². The predicted octanol–water partition coefficient (Wildman–Crippen LogP) is 12.1. The Hall–Kier alpha value is -1.55. The maximum Gasteiger partial charge on any atom is 0.407 e. The summed E-state index contributed by atoms with van der Waals surface area (Å²) < 4.78 is 5.73. The molecule has 0 atom stereocenters. The largest absolute Gasteiger partial charge is 0.465 e. The van der Waals surface area contributed by atoms with E-state index in [4.69, 9.17) is 4.74 Å². The van der Waals surface area contributed by atoms with Crippen LogP contribution in [0.1, 0.15) is 168 Å². The monoisotopic (exact) mass is 576 g/mol. The predicted molar refractivity (Wildman–Crippen MR) is 180 cm³/mol. The number of rotatable bonds is 32. The summed E-state index contributed by atoms with van der Waals surface area (Å²) in [6.45, 7) is 6.89. The standard InChI is InChI=1S/C37H69NO3/c1-3-5-7-9-11-13-15-17-19-20-21-23-25-27-29-31-33-38(37(39)40)34-36-41-35-32-30-28-26-24-22-18-16-14-12-10-8-6-4-2/h11,13-14,16-17,19H,3-10,12,15,18,20-36H2,1-2H3,(H,39,40)/b13-11-,16-14-,19-17-. The van der Waals surface area contributed by atoms with Crippen LogP contribution >= 0.6 is 0 Å². The summed E-state index contributed by atoms with van der Waals surface area (Å²) in [5, 5.41) is 9.49. The van der Waals surface area contributed by atoms with E-state index in [0.717, 1.165) is 32.3 Å². The first-order valence-corrected chi connectivity index (χ1v) is 17.7. The Morgan fingerprint density at radius 3 is 1.46 bits per heavy atom. The summed E-state index contributed by atoms with van der Waals surface area (Å²) >= 11 is 0. The number of nitrogens with zero attached hydrogens (tertiary/aromatic N) is 1. The lowest BCUT2D eigenvalue weighted by Crippen LogP contribution is -2.33. The lowest BCUT2D eigenvalue weighted by atomic mass is 10.1. The third-order valence-corrected chi connectivity index (χ3v) is 7.71. The van der Waals surface area contributed by atoms with E-state index in [-0.39, 0.29) is 0 Å². The number of ether oxygens (including phenoxy) is 1. The lowest BCUT2D eigenvalue weighted by Gasteiger charge is -2.19. The molecule has 0 heterocycles. The van der Waals surface area contributed by atoms with E-state index in [1.54, 1.807) is 0 Å². The molecule has 41 heavy (non-hydrogen) atoms. The number of carbonyl (C=O) groups is 1. The van der Waals surface area contributed by atoms with Crippen molar-refractivity contribution < 1.29 is 14.6 Å². The fourth-order valence-corrected chi connectivity index (χ4v) is 4.97. The molecule has 0 aromatic rings. The van der Waals surface area contributed by atoms with E-state index >= 15 is 0 Å². The normalized spacial score (nSPS) is 12.0. The number of allylic oxidation sites excluding steroid dienone is 6. The van der Waals surface area contributed by atoms with Crippen LogP contribution in [-0.2, 0) is 4.74 Å². The minimum absolute atomic E-state index is 0.488. The zero-order chi connectivity index (χ0) is 29.9. The number of amides is 1. The van der Waals surface area contributed by atoms with Crippen molar-refractivity contribution in [2.24, 2.45) is 0 Å². The van der Waals surface area contributed by atoms with Gasteiger partial charge < -0.3 is 14.7 Å². The second-order valence-corrected chi connectivity index (χ2v) is 11.7. The smallest absolute Gasteiger partial charge is 0.407 e. The van der Waals surface area contributed by atoms with E-state index in [0.29, 0.717) is 19.7 Å². The van der Waals surface area contributed by atoms with Gasteiger partial charge in [0.25, 0.3) is 0 Å². The molecule has 0 bridgehead atoms. The quantitative estimate of drug-likeness (QED) is 0.0641. The minimum atomic E-state index is -0.817. The molecule has 0 saturated carbocycles. The van der Waals surface area contributed by atoms with Crippen LogP contribution < -0.4 is 0 Å². The van der Waals surface area contributed by atoms with Gasteiger partial charge in [0.05, 0.1) is 6.61 Å². The summed E-state index contributed by atoms with van der Waals surface area (Å²) in [5.41, 5.74) is 0. The third-order valence-electron chi connectivity index (χ3n) is 7.71. The van der Waals surface area contributed by atoms with Gasteiger partial charge in [0.2, 0.25) is 0 Å². The summed E-state index contributed by atoms with van der Waals surface area (Å²) in [5.74, 6) is 0. The van der Waals surface area contributed by atoms with Crippen LogP contribution in [0.5, 0.6) is 0 Å². The van der Waals surface area contributed by atoms with Gasteiger partial charge in [0, 0.05) is 19.7 Å². The summed E-state index contributed by atoms with van der Waals surface area (Å²) in [6, 6.07) is 0. The average molecular weight is 576 g/mol. The summed E-state index contributed by atoms with van der Waals surface area (Å²) in [7, 11) is 0. The van der Waals surface area contributed by atoms with Crippen LogP contribution in [-0.4, -0.2) is 42.4 Å². The van der Waals surface area contributed by atoms with Crippen LogP contribution in [0.3, 0.4) is 0 Å². The number of hydrogen-bond acceptors (Lipinski definition) is 2. The Morgan fingerprint density at radius 2 is 0.927 bits per heavy atom. The molecule has 0 radical (unpaired) electrons. The van der Waals surface area contributed by atoms with E-state index in [1.807, 2.05) is 0 Å². The highest BCUT2D eigenvalue weighted by Crippen LogP contribution is 2.11. The molecule has 0 aliphatic heterocycles. The molecule has 0 aliphatic rings. The molecule has 240 valence electrons. The second kappa shape index (κ2) is 34.7.